The highest BCUT2D eigenvalue weighted by molar-refractivity contribution is 14.0. The van der Waals surface area contributed by atoms with E-state index in [2.05, 4.69) is 46.8 Å². The molecule has 0 aliphatic rings. The quantitative estimate of drug-likeness (QED) is 0.163. The Bertz CT molecular complexity index is 1000. The van der Waals surface area contributed by atoms with Gasteiger partial charge in [-0.15, -0.1) is 24.0 Å². The Morgan fingerprint density at radius 1 is 1.03 bits per heavy atom. The van der Waals surface area contributed by atoms with Crippen molar-refractivity contribution in [3.05, 3.63) is 66.0 Å². The minimum atomic E-state index is 0. The first kappa shape index (κ1) is 25.7. The molecule has 3 aromatic rings. The fraction of sp³-hybridized carbons (Fsp3) is 0.360. The first-order chi connectivity index (χ1) is 15.2. The number of hydrogen-bond acceptors (Lipinski definition) is 4. The van der Waals surface area contributed by atoms with E-state index < -0.39 is 0 Å². The van der Waals surface area contributed by atoms with Crippen LogP contribution in [-0.2, 0) is 13.0 Å². The van der Waals surface area contributed by atoms with Crippen LogP contribution in [0.3, 0.4) is 0 Å². The number of methoxy groups -OCH3 is 1. The SMILES string of the molecule is CCNC(=NCc1nccc2ccccc12)NCCCc1ccc(OC)c(OCC)c1.I. The van der Waals surface area contributed by atoms with E-state index in [4.69, 9.17) is 14.5 Å². The van der Waals surface area contributed by atoms with Crippen molar-refractivity contribution in [3.63, 3.8) is 0 Å². The van der Waals surface area contributed by atoms with Crippen molar-refractivity contribution in [2.24, 2.45) is 4.99 Å². The van der Waals surface area contributed by atoms with E-state index in [1.54, 1.807) is 7.11 Å². The molecule has 32 heavy (non-hydrogen) atoms. The summed E-state index contributed by atoms with van der Waals surface area (Å²) >= 11 is 0. The minimum Gasteiger partial charge on any atom is -0.493 e. The van der Waals surface area contributed by atoms with Crippen molar-refractivity contribution in [1.82, 2.24) is 15.6 Å². The zero-order valence-corrected chi connectivity index (χ0v) is 21.4. The number of pyridine rings is 1. The average Bonchev–Trinajstić information content (AvgIpc) is 2.80. The third kappa shape index (κ3) is 7.25. The normalized spacial score (nSPS) is 11.0. The number of aryl methyl sites for hydroxylation is 1. The van der Waals surface area contributed by atoms with E-state index in [1.165, 1.54) is 10.9 Å². The summed E-state index contributed by atoms with van der Waals surface area (Å²) in [7, 11) is 1.66. The summed E-state index contributed by atoms with van der Waals surface area (Å²) in [4.78, 5) is 9.26. The van der Waals surface area contributed by atoms with Gasteiger partial charge in [0.15, 0.2) is 17.5 Å². The van der Waals surface area contributed by atoms with Crippen LogP contribution in [0.4, 0.5) is 0 Å². The van der Waals surface area contributed by atoms with Gasteiger partial charge in [-0.05, 0) is 55.8 Å². The van der Waals surface area contributed by atoms with Crippen LogP contribution in [0.15, 0.2) is 59.7 Å². The number of nitrogens with one attached hydrogen (secondary N) is 2. The van der Waals surface area contributed by atoms with Gasteiger partial charge in [-0.1, -0.05) is 30.3 Å². The summed E-state index contributed by atoms with van der Waals surface area (Å²) in [5, 5.41) is 9.08. The molecule has 0 fully saturated rings. The van der Waals surface area contributed by atoms with E-state index >= 15 is 0 Å². The summed E-state index contributed by atoms with van der Waals surface area (Å²) in [6.07, 6.45) is 3.77. The van der Waals surface area contributed by atoms with Crippen LogP contribution in [0.25, 0.3) is 10.8 Å². The molecular weight excluding hydrogens is 515 g/mol. The predicted octanol–water partition coefficient (Wildman–Crippen LogP) is 4.95. The van der Waals surface area contributed by atoms with Gasteiger partial charge in [0, 0.05) is 24.7 Å². The number of halogens is 1. The average molecular weight is 548 g/mol. The van der Waals surface area contributed by atoms with Crippen molar-refractivity contribution < 1.29 is 9.47 Å². The molecule has 0 atom stereocenters. The number of aliphatic imine (C=N–C) groups is 1. The Morgan fingerprint density at radius 2 is 1.88 bits per heavy atom. The van der Waals surface area contributed by atoms with Crippen LogP contribution < -0.4 is 20.1 Å². The van der Waals surface area contributed by atoms with Crippen LogP contribution >= 0.6 is 24.0 Å². The lowest BCUT2D eigenvalue weighted by molar-refractivity contribution is 0.310. The molecule has 0 spiro atoms. The molecule has 0 bridgehead atoms. The van der Waals surface area contributed by atoms with Crippen LogP contribution in [0, 0.1) is 0 Å². The third-order valence-electron chi connectivity index (χ3n) is 4.95. The Balaban J connectivity index is 0.00000363. The number of nitrogens with zero attached hydrogens (tertiary/aromatic N) is 2. The third-order valence-corrected chi connectivity index (χ3v) is 4.95. The number of aromatic nitrogens is 1. The standard InChI is InChI=1S/C25H32N4O2.HI/c1-4-26-25(29-18-22-21-11-7-6-10-20(21)14-16-27-22)28-15-8-9-19-12-13-23(30-3)24(17-19)31-5-2;/h6-7,10-14,16-17H,4-5,8-9,15,18H2,1-3H3,(H2,26,28,29);1H. The maximum Gasteiger partial charge on any atom is 0.191 e. The molecule has 0 saturated heterocycles. The highest BCUT2D eigenvalue weighted by atomic mass is 127. The molecule has 1 heterocycles. The van der Waals surface area contributed by atoms with Crippen LogP contribution in [-0.4, -0.2) is 37.7 Å². The molecule has 0 radical (unpaired) electrons. The van der Waals surface area contributed by atoms with Gasteiger partial charge >= 0.3 is 0 Å². The molecule has 6 nitrogen and oxygen atoms in total. The molecule has 172 valence electrons. The van der Waals surface area contributed by atoms with Gasteiger partial charge in [0.25, 0.3) is 0 Å². The van der Waals surface area contributed by atoms with Gasteiger partial charge in [0.1, 0.15) is 0 Å². The molecule has 0 aliphatic heterocycles. The fourth-order valence-corrected chi connectivity index (χ4v) is 3.45. The molecule has 0 amide bonds. The molecule has 2 N–H and O–H groups in total. The molecule has 1 aromatic heterocycles. The van der Waals surface area contributed by atoms with Crippen LogP contribution in [0.5, 0.6) is 11.5 Å². The second-order valence-electron chi connectivity index (χ2n) is 7.12. The first-order valence-electron chi connectivity index (χ1n) is 10.9. The van der Waals surface area contributed by atoms with E-state index in [1.807, 2.05) is 37.4 Å². The van der Waals surface area contributed by atoms with E-state index in [9.17, 15) is 0 Å². The molecule has 2 aromatic carbocycles. The maximum absolute atomic E-state index is 5.67. The van der Waals surface area contributed by atoms with Gasteiger partial charge in [0.2, 0.25) is 0 Å². The zero-order valence-electron chi connectivity index (χ0n) is 19.1. The van der Waals surface area contributed by atoms with Crippen LogP contribution in [0.1, 0.15) is 31.5 Å². The number of rotatable bonds is 10. The minimum absolute atomic E-state index is 0. The highest BCUT2D eigenvalue weighted by Gasteiger charge is 2.06. The monoisotopic (exact) mass is 548 g/mol. The number of guanidine groups is 1. The molecule has 0 aliphatic carbocycles. The predicted molar refractivity (Wildman–Crippen MR) is 142 cm³/mol. The Labute approximate surface area is 207 Å². The fourth-order valence-electron chi connectivity index (χ4n) is 3.45. The smallest absolute Gasteiger partial charge is 0.191 e. The Hall–Kier alpha value is -2.55. The number of fused-ring (bicyclic) bond motifs is 1. The van der Waals surface area contributed by atoms with E-state index in [0.717, 1.165) is 54.5 Å². The molecule has 0 unspecified atom stereocenters. The Kier molecular flexibility index (Phi) is 11.1. The van der Waals surface area contributed by atoms with Crippen molar-refractivity contribution in [2.75, 3.05) is 26.8 Å². The summed E-state index contributed by atoms with van der Waals surface area (Å²) in [6.45, 7) is 6.84. The topological polar surface area (TPSA) is 67.8 Å². The van der Waals surface area contributed by atoms with E-state index in [-0.39, 0.29) is 24.0 Å². The van der Waals surface area contributed by atoms with Crippen molar-refractivity contribution in [2.45, 2.75) is 33.2 Å². The molecule has 7 heteroatoms. The number of hydrogen-bond donors (Lipinski definition) is 2. The van der Waals surface area contributed by atoms with Gasteiger partial charge in [-0.3, -0.25) is 4.98 Å². The lowest BCUT2D eigenvalue weighted by Crippen LogP contribution is -2.37. The van der Waals surface area contributed by atoms with Gasteiger partial charge in [0.05, 0.1) is 26.0 Å². The summed E-state index contributed by atoms with van der Waals surface area (Å²) in [6, 6.07) is 16.4. The second kappa shape index (κ2) is 13.8. The second-order valence-corrected chi connectivity index (χ2v) is 7.12. The maximum atomic E-state index is 5.67. The summed E-state index contributed by atoms with van der Waals surface area (Å²) in [5.74, 6) is 2.38. The Morgan fingerprint density at radius 3 is 2.66 bits per heavy atom. The molecule has 0 saturated carbocycles. The van der Waals surface area contributed by atoms with Crippen LogP contribution in [0.2, 0.25) is 0 Å². The molecular formula is C25H33IN4O2. The highest BCUT2D eigenvalue weighted by Crippen LogP contribution is 2.28. The van der Waals surface area contributed by atoms with Gasteiger partial charge in [-0.2, -0.15) is 0 Å². The number of ether oxygens (including phenoxy) is 2. The number of benzene rings is 2. The lowest BCUT2D eigenvalue weighted by atomic mass is 10.1. The summed E-state index contributed by atoms with van der Waals surface area (Å²) in [5.41, 5.74) is 2.21. The van der Waals surface area contributed by atoms with E-state index in [0.29, 0.717) is 13.2 Å². The van der Waals surface area contributed by atoms with Gasteiger partial charge in [-0.25, -0.2) is 4.99 Å². The largest absolute Gasteiger partial charge is 0.493 e. The first-order valence-corrected chi connectivity index (χ1v) is 10.9. The lowest BCUT2D eigenvalue weighted by Gasteiger charge is -2.13. The zero-order chi connectivity index (χ0) is 21.9. The van der Waals surface area contributed by atoms with Crippen molar-refractivity contribution in [3.8, 4) is 11.5 Å². The summed E-state index contributed by atoms with van der Waals surface area (Å²) < 4.78 is 11.0. The molecule has 3 rings (SSSR count). The van der Waals surface area contributed by atoms with Crippen molar-refractivity contribution >= 4 is 40.7 Å². The van der Waals surface area contributed by atoms with Gasteiger partial charge < -0.3 is 20.1 Å². The van der Waals surface area contributed by atoms with Crippen molar-refractivity contribution in [1.29, 1.82) is 0 Å².